The molecule has 0 bridgehead atoms. The SMILES string of the molecule is CC(=O)N1CCN(c2ccc3c(c2)OCCN(c2cnccc2C#N)C3=O)CC1. The zero-order chi connectivity index (χ0) is 20.4. The summed E-state index contributed by atoms with van der Waals surface area (Å²) in [5, 5.41) is 9.36. The van der Waals surface area contributed by atoms with Crippen molar-refractivity contribution >= 4 is 23.2 Å². The number of hydrogen-bond acceptors (Lipinski definition) is 6. The first-order valence-electron chi connectivity index (χ1n) is 9.52. The Balaban J connectivity index is 1.59. The molecule has 29 heavy (non-hydrogen) atoms. The van der Waals surface area contributed by atoms with Gasteiger partial charge in [-0.1, -0.05) is 0 Å². The number of anilines is 2. The number of hydrogen-bond donors (Lipinski definition) is 0. The minimum Gasteiger partial charge on any atom is -0.491 e. The van der Waals surface area contributed by atoms with Crippen molar-refractivity contribution in [3.05, 3.63) is 47.8 Å². The summed E-state index contributed by atoms with van der Waals surface area (Å²) in [5.41, 5.74) is 2.31. The molecule has 2 aromatic rings. The van der Waals surface area contributed by atoms with Crippen LogP contribution in [0.3, 0.4) is 0 Å². The third-order valence-electron chi connectivity index (χ3n) is 5.31. The molecule has 0 spiro atoms. The second-order valence-electron chi connectivity index (χ2n) is 6.98. The molecule has 8 heteroatoms. The van der Waals surface area contributed by atoms with Crippen LogP contribution in [0.25, 0.3) is 0 Å². The number of fused-ring (bicyclic) bond motifs is 1. The van der Waals surface area contributed by atoms with Crippen LogP contribution >= 0.6 is 0 Å². The number of pyridine rings is 1. The zero-order valence-corrected chi connectivity index (χ0v) is 16.2. The molecule has 1 saturated heterocycles. The summed E-state index contributed by atoms with van der Waals surface area (Å²) < 4.78 is 5.88. The van der Waals surface area contributed by atoms with Gasteiger partial charge in [-0.2, -0.15) is 5.26 Å². The second kappa shape index (κ2) is 7.80. The van der Waals surface area contributed by atoms with Crippen LogP contribution < -0.4 is 14.5 Å². The average molecular weight is 391 g/mol. The minimum atomic E-state index is -0.213. The van der Waals surface area contributed by atoms with Crippen LogP contribution in [-0.2, 0) is 4.79 Å². The molecule has 8 nitrogen and oxygen atoms in total. The molecular weight excluding hydrogens is 370 g/mol. The van der Waals surface area contributed by atoms with E-state index in [1.165, 1.54) is 12.4 Å². The van der Waals surface area contributed by atoms with Gasteiger partial charge in [0, 0.05) is 51.1 Å². The highest BCUT2D eigenvalue weighted by Crippen LogP contribution is 2.31. The van der Waals surface area contributed by atoms with Gasteiger partial charge in [-0.3, -0.25) is 14.6 Å². The Kier molecular flexibility index (Phi) is 5.04. The molecule has 0 saturated carbocycles. The van der Waals surface area contributed by atoms with Crippen LogP contribution in [0.5, 0.6) is 5.75 Å². The third-order valence-corrected chi connectivity index (χ3v) is 5.31. The van der Waals surface area contributed by atoms with Crippen molar-refractivity contribution in [3.63, 3.8) is 0 Å². The Bertz CT molecular complexity index is 992. The van der Waals surface area contributed by atoms with E-state index in [4.69, 9.17) is 4.74 Å². The lowest BCUT2D eigenvalue weighted by atomic mass is 10.1. The number of aromatic nitrogens is 1. The highest BCUT2D eigenvalue weighted by atomic mass is 16.5. The first-order chi connectivity index (χ1) is 14.1. The lowest BCUT2D eigenvalue weighted by molar-refractivity contribution is -0.129. The largest absolute Gasteiger partial charge is 0.491 e. The fraction of sp³-hybridized carbons (Fsp3) is 0.333. The number of ether oxygens (including phenoxy) is 1. The number of benzene rings is 1. The van der Waals surface area contributed by atoms with Crippen LogP contribution in [0, 0.1) is 11.3 Å². The number of rotatable bonds is 2. The van der Waals surface area contributed by atoms with Crippen LogP contribution in [0.15, 0.2) is 36.7 Å². The number of carbonyl (C=O) groups excluding carboxylic acids is 2. The van der Waals surface area contributed by atoms with E-state index in [0.29, 0.717) is 48.8 Å². The standard InChI is InChI=1S/C21H21N5O3/c1-15(27)24-6-8-25(9-7-24)17-2-3-18-20(12-17)29-11-10-26(21(18)28)19-14-23-5-4-16(19)13-22/h2-5,12,14H,6-11H2,1H3. The molecule has 2 aliphatic heterocycles. The van der Waals surface area contributed by atoms with E-state index in [9.17, 15) is 14.9 Å². The summed E-state index contributed by atoms with van der Waals surface area (Å²) in [6.45, 7) is 5.07. The summed E-state index contributed by atoms with van der Waals surface area (Å²) in [5.74, 6) is 0.411. The Labute approximate surface area is 168 Å². The maximum atomic E-state index is 13.2. The summed E-state index contributed by atoms with van der Waals surface area (Å²) in [4.78, 5) is 34.3. The molecule has 0 unspecified atom stereocenters. The molecule has 0 aliphatic carbocycles. The Hall–Kier alpha value is -3.60. The smallest absolute Gasteiger partial charge is 0.262 e. The van der Waals surface area contributed by atoms with Crippen LogP contribution in [-0.4, -0.2) is 61.0 Å². The van der Waals surface area contributed by atoms with E-state index >= 15 is 0 Å². The molecule has 148 valence electrons. The summed E-state index contributed by atoms with van der Waals surface area (Å²) >= 11 is 0. The van der Waals surface area contributed by atoms with Gasteiger partial charge < -0.3 is 19.4 Å². The van der Waals surface area contributed by atoms with E-state index in [1.54, 1.807) is 24.0 Å². The molecule has 0 radical (unpaired) electrons. The normalized spacial score (nSPS) is 16.6. The Morgan fingerprint density at radius 3 is 2.69 bits per heavy atom. The van der Waals surface area contributed by atoms with Gasteiger partial charge in [0.05, 0.1) is 29.6 Å². The predicted molar refractivity (Wildman–Crippen MR) is 107 cm³/mol. The van der Waals surface area contributed by atoms with Crippen molar-refractivity contribution in [2.24, 2.45) is 0 Å². The number of piperazine rings is 1. The average Bonchev–Trinajstić information content (AvgIpc) is 2.92. The van der Waals surface area contributed by atoms with Gasteiger partial charge in [0.2, 0.25) is 5.91 Å². The first kappa shape index (κ1) is 18.7. The van der Waals surface area contributed by atoms with Gasteiger partial charge >= 0.3 is 0 Å². The highest BCUT2D eigenvalue weighted by Gasteiger charge is 2.28. The first-order valence-corrected chi connectivity index (χ1v) is 9.52. The quantitative estimate of drug-likeness (QED) is 0.774. The van der Waals surface area contributed by atoms with E-state index in [-0.39, 0.29) is 11.8 Å². The predicted octanol–water partition coefficient (Wildman–Crippen LogP) is 1.66. The molecule has 1 aromatic heterocycles. The van der Waals surface area contributed by atoms with Crippen molar-refractivity contribution in [3.8, 4) is 11.8 Å². The Morgan fingerprint density at radius 2 is 1.97 bits per heavy atom. The summed E-state index contributed by atoms with van der Waals surface area (Å²) in [6, 6.07) is 9.27. The molecular formula is C21H21N5O3. The second-order valence-corrected chi connectivity index (χ2v) is 6.98. The molecule has 0 N–H and O–H groups in total. The highest BCUT2D eigenvalue weighted by molar-refractivity contribution is 6.09. The monoisotopic (exact) mass is 391 g/mol. The van der Waals surface area contributed by atoms with Crippen molar-refractivity contribution < 1.29 is 14.3 Å². The maximum absolute atomic E-state index is 13.2. The minimum absolute atomic E-state index is 0.0905. The molecule has 2 amide bonds. The number of amides is 2. The third kappa shape index (κ3) is 3.59. The maximum Gasteiger partial charge on any atom is 0.262 e. The van der Waals surface area contributed by atoms with Gasteiger partial charge in [0.15, 0.2) is 0 Å². The van der Waals surface area contributed by atoms with E-state index in [2.05, 4.69) is 16.0 Å². The molecule has 2 aliphatic rings. The van der Waals surface area contributed by atoms with Crippen molar-refractivity contribution in [1.29, 1.82) is 5.26 Å². The fourth-order valence-corrected chi connectivity index (χ4v) is 3.70. The molecule has 4 rings (SSSR count). The molecule has 3 heterocycles. The summed E-state index contributed by atoms with van der Waals surface area (Å²) in [7, 11) is 0. The van der Waals surface area contributed by atoms with E-state index in [0.717, 1.165) is 18.8 Å². The lowest BCUT2D eigenvalue weighted by Gasteiger charge is -2.35. The van der Waals surface area contributed by atoms with Gasteiger partial charge in [-0.25, -0.2) is 0 Å². The molecule has 1 fully saturated rings. The van der Waals surface area contributed by atoms with Crippen LogP contribution in [0.1, 0.15) is 22.8 Å². The van der Waals surface area contributed by atoms with Crippen LogP contribution in [0.4, 0.5) is 11.4 Å². The van der Waals surface area contributed by atoms with Gasteiger partial charge in [-0.05, 0) is 18.2 Å². The van der Waals surface area contributed by atoms with Crippen molar-refractivity contribution in [2.45, 2.75) is 6.92 Å². The Morgan fingerprint density at radius 1 is 1.17 bits per heavy atom. The number of nitriles is 1. The van der Waals surface area contributed by atoms with Gasteiger partial charge in [-0.15, -0.1) is 0 Å². The fourth-order valence-electron chi connectivity index (χ4n) is 3.70. The zero-order valence-electron chi connectivity index (χ0n) is 16.2. The van der Waals surface area contributed by atoms with Crippen molar-refractivity contribution in [2.75, 3.05) is 49.1 Å². The number of carbonyl (C=O) groups is 2. The van der Waals surface area contributed by atoms with Gasteiger partial charge in [0.1, 0.15) is 18.4 Å². The lowest BCUT2D eigenvalue weighted by Crippen LogP contribution is -2.48. The molecule has 0 atom stereocenters. The number of nitrogens with zero attached hydrogens (tertiary/aromatic N) is 5. The van der Waals surface area contributed by atoms with E-state index < -0.39 is 0 Å². The van der Waals surface area contributed by atoms with Gasteiger partial charge in [0.25, 0.3) is 5.91 Å². The topological polar surface area (TPSA) is 89.8 Å². The summed E-state index contributed by atoms with van der Waals surface area (Å²) in [6.07, 6.45) is 3.07. The van der Waals surface area contributed by atoms with E-state index in [1.807, 2.05) is 17.0 Å². The van der Waals surface area contributed by atoms with Crippen molar-refractivity contribution in [1.82, 2.24) is 9.88 Å². The van der Waals surface area contributed by atoms with Crippen LogP contribution in [0.2, 0.25) is 0 Å². The molecule has 1 aromatic carbocycles.